The van der Waals surface area contributed by atoms with Crippen LogP contribution in [0.3, 0.4) is 0 Å². The summed E-state index contributed by atoms with van der Waals surface area (Å²) in [6.07, 6.45) is -0.599. The highest BCUT2D eigenvalue weighted by Gasteiger charge is 2.21. The second-order valence-corrected chi connectivity index (χ2v) is 7.76. The zero-order valence-corrected chi connectivity index (χ0v) is 14.8. The first-order chi connectivity index (χ1) is 11.9. The number of sulfonamides is 1. The Hall–Kier alpha value is -2.25. The molecule has 0 radical (unpaired) electrons. The lowest BCUT2D eigenvalue weighted by Crippen LogP contribution is -2.25. The molecule has 0 aromatic heterocycles. The van der Waals surface area contributed by atoms with Gasteiger partial charge in [0.2, 0.25) is 10.0 Å². The first-order valence-electron chi connectivity index (χ1n) is 7.45. The van der Waals surface area contributed by atoms with Crippen LogP contribution in [0.4, 0.5) is 5.69 Å². The van der Waals surface area contributed by atoms with Crippen molar-refractivity contribution >= 4 is 27.5 Å². The highest BCUT2D eigenvalue weighted by molar-refractivity contribution is 7.94. The number of anilines is 1. The molecule has 0 heterocycles. The lowest BCUT2D eigenvalue weighted by Gasteiger charge is -2.17. The number of hydrogen-bond acceptors (Lipinski definition) is 4. The fraction of sp³-hybridized carbons (Fsp3) is 0.250. The van der Waals surface area contributed by atoms with Gasteiger partial charge in [-0.25, -0.2) is 8.42 Å². The summed E-state index contributed by atoms with van der Waals surface area (Å²) >= 11 is 6.00. The van der Waals surface area contributed by atoms with E-state index in [0.29, 0.717) is 15.8 Å². The van der Waals surface area contributed by atoms with Gasteiger partial charge in [-0.15, -0.1) is 0 Å². The number of hydrogen-bond donors (Lipinski definition) is 1. The molecule has 1 atom stereocenters. The Labute approximate surface area is 151 Å². The maximum Gasteiger partial charge on any atom is 0.249 e. The Balaban J connectivity index is 2.05. The highest BCUT2D eigenvalue weighted by atomic mass is 35.5. The number of nitrogens with zero attached hydrogens (tertiary/aromatic N) is 4. The Morgan fingerprint density at radius 2 is 1.80 bits per heavy atom. The molecule has 0 aliphatic carbocycles. The van der Waals surface area contributed by atoms with E-state index in [0.717, 1.165) is 5.56 Å². The molecule has 2 aromatic rings. The maximum absolute atomic E-state index is 12.4. The molecular weight excluding hydrogens is 364 g/mol. The van der Waals surface area contributed by atoms with Gasteiger partial charge < -0.3 is 5.11 Å². The van der Waals surface area contributed by atoms with Gasteiger partial charge in [0.1, 0.15) is 0 Å². The van der Waals surface area contributed by atoms with E-state index in [2.05, 4.69) is 10.0 Å². The van der Waals surface area contributed by atoms with Crippen molar-refractivity contribution < 1.29 is 13.5 Å². The number of aryl methyl sites for hydroxylation is 1. The van der Waals surface area contributed by atoms with Crippen molar-refractivity contribution in [3.05, 3.63) is 76.2 Å². The third kappa shape index (κ3) is 5.37. The van der Waals surface area contributed by atoms with Crippen molar-refractivity contribution in [3.8, 4) is 0 Å². The third-order valence-electron chi connectivity index (χ3n) is 3.53. The normalized spacial score (nSPS) is 12.2. The molecule has 0 amide bonds. The summed E-state index contributed by atoms with van der Waals surface area (Å²) in [6, 6.07) is 15.3. The number of aliphatic hydroxyl groups is 1. The zero-order chi connectivity index (χ0) is 18.3. The number of rotatable bonds is 8. The Kier molecular flexibility index (Phi) is 6.66. The van der Waals surface area contributed by atoms with E-state index < -0.39 is 16.1 Å². The molecular formula is C16H17ClN4O3S. The molecule has 0 aliphatic heterocycles. The lowest BCUT2D eigenvalue weighted by atomic mass is 10.1. The van der Waals surface area contributed by atoms with E-state index in [4.69, 9.17) is 17.3 Å². The molecule has 0 bridgehead atoms. The van der Waals surface area contributed by atoms with Crippen molar-refractivity contribution in [1.29, 1.82) is 0 Å². The van der Waals surface area contributed by atoms with Gasteiger partial charge in [-0.3, -0.25) is 0 Å². The largest absolute Gasteiger partial charge is 0.388 e. The summed E-state index contributed by atoms with van der Waals surface area (Å²) in [7, 11) is -3.69. The van der Waals surface area contributed by atoms with Crippen LogP contribution in [0.15, 0.2) is 59.7 Å². The molecule has 0 fully saturated rings. The average molecular weight is 381 g/mol. The molecule has 2 rings (SSSR count). The molecule has 1 unspecified atom stereocenters. The molecule has 7 nitrogen and oxygen atoms in total. The number of azide groups is 1. The van der Waals surface area contributed by atoms with E-state index in [1.807, 2.05) is 30.3 Å². The highest BCUT2D eigenvalue weighted by Crippen LogP contribution is 2.24. The minimum Gasteiger partial charge on any atom is -0.388 e. The van der Waals surface area contributed by atoms with Crippen LogP contribution in [0.1, 0.15) is 17.2 Å². The van der Waals surface area contributed by atoms with Crippen LogP contribution in [0, 0.1) is 0 Å². The quantitative estimate of drug-likeness (QED) is 0.327. The zero-order valence-electron chi connectivity index (χ0n) is 13.2. The fourth-order valence-electron chi connectivity index (χ4n) is 2.17. The van der Waals surface area contributed by atoms with Gasteiger partial charge >= 0.3 is 0 Å². The van der Waals surface area contributed by atoms with Crippen LogP contribution in [0.5, 0.6) is 0 Å². The molecule has 0 saturated heterocycles. The van der Waals surface area contributed by atoms with Crippen LogP contribution in [-0.2, 0) is 16.4 Å². The number of benzene rings is 2. The van der Waals surface area contributed by atoms with Crippen LogP contribution < -0.4 is 3.82 Å². The predicted molar refractivity (Wildman–Crippen MR) is 97.7 cm³/mol. The Morgan fingerprint density at radius 1 is 1.16 bits per heavy atom. The van der Waals surface area contributed by atoms with Gasteiger partial charge in [0.15, 0.2) is 0 Å². The van der Waals surface area contributed by atoms with Gasteiger partial charge in [0.05, 0.1) is 24.1 Å². The molecule has 9 heteroatoms. The summed E-state index contributed by atoms with van der Waals surface area (Å²) in [5, 5.41) is 13.1. The van der Waals surface area contributed by atoms with Crippen molar-refractivity contribution in [2.45, 2.75) is 12.5 Å². The minimum absolute atomic E-state index is 0.101. The van der Waals surface area contributed by atoms with Crippen molar-refractivity contribution in [2.75, 3.05) is 16.1 Å². The average Bonchev–Trinajstić information content (AvgIpc) is 2.65. The smallest absolute Gasteiger partial charge is 0.249 e. The van der Waals surface area contributed by atoms with E-state index in [1.165, 1.54) is 24.3 Å². The van der Waals surface area contributed by atoms with Crippen LogP contribution in [0.25, 0.3) is 10.4 Å². The first kappa shape index (κ1) is 19.1. The molecule has 0 aliphatic rings. The van der Waals surface area contributed by atoms with Gasteiger partial charge in [0.25, 0.3) is 0 Å². The number of aliphatic hydroxyl groups excluding tert-OH is 1. The van der Waals surface area contributed by atoms with Gasteiger partial charge in [-0.05, 0) is 35.2 Å². The standard InChI is InChI=1S/C16H17ClN4O3S/c17-21(25(23,24)11-10-13-4-2-1-3-5-13)15-8-6-14(7-9-15)16(22)12-19-20-18/h1-9,16,22H,10-12H2. The molecule has 0 saturated carbocycles. The van der Waals surface area contributed by atoms with Gasteiger partial charge in [0, 0.05) is 16.7 Å². The second kappa shape index (κ2) is 8.73. The topological polar surface area (TPSA) is 106 Å². The third-order valence-corrected chi connectivity index (χ3v) is 5.78. The van der Waals surface area contributed by atoms with E-state index in [1.54, 1.807) is 0 Å². The van der Waals surface area contributed by atoms with Crippen LogP contribution >= 0.6 is 11.8 Å². The second-order valence-electron chi connectivity index (χ2n) is 5.29. The van der Waals surface area contributed by atoms with Gasteiger partial charge in [-0.1, -0.05) is 47.6 Å². The molecule has 2 aromatic carbocycles. The van der Waals surface area contributed by atoms with Crippen molar-refractivity contribution in [2.24, 2.45) is 5.11 Å². The summed E-state index contributed by atoms with van der Waals surface area (Å²) in [5.74, 6) is -0.123. The Morgan fingerprint density at radius 3 is 2.40 bits per heavy atom. The van der Waals surface area contributed by atoms with E-state index >= 15 is 0 Å². The predicted octanol–water partition coefficient (Wildman–Crippen LogP) is 3.56. The van der Waals surface area contributed by atoms with E-state index in [-0.39, 0.29) is 18.0 Å². The summed E-state index contributed by atoms with van der Waals surface area (Å²) < 4.78 is 25.4. The Bertz CT molecular complexity index is 837. The molecule has 25 heavy (non-hydrogen) atoms. The summed E-state index contributed by atoms with van der Waals surface area (Å²) in [5.41, 5.74) is 9.94. The molecule has 1 N–H and O–H groups in total. The van der Waals surface area contributed by atoms with Crippen LogP contribution in [-0.4, -0.2) is 25.8 Å². The summed E-state index contributed by atoms with van der Waals surface area (Å²) in [4.78, 5) is 2.58. The number of halogens is 1. The first-order valence-corrected chi connectivity index (χ1v) is 9.40. The lowest BCUT2D eigenvalue weighted by molar-refractivity contribution is 0.187. The minimum atomic E-state index is -3.69. The maximum atomic E-state index is 12.4. The summed E-state index contributed by atoms with van der Waals surface area (Å²) in [6.45, 7) is -0.101. The van der Waals surface area contributed by atoms with Crippen molar-refractivity contribution in [1.82, 2.24) is 0 Å². The monoisotopic (exact) mass is 380 g/mol. The SMILES string of the molecule is [N-]=[N+]=NCC(O)c1ccc(N(Cl)S(=O)(=O)CCc2ccccc2)cc1. The molecule has 132 valence electrons. The van der Waals surface area contributed by atoms with E-state index in [9.17, 15) is 13.5 Å². The van der Waals surface area contributed by atoms with Crippen LogP contribution in [0.2, 0.25) is 0 Å². The fourth-order valence-corrected chi connectivity index (χ4v) is 3.58. The van der Waals surface area contributed by atoms with Crippen molar-refractivity contribution in [3.63, 3.8) is 0 Å². The molecule has 0 spiro atoms. The van der Waals surface area contributed by atoms with Gasteiger partial charge in [-0.2, -0.15) is 3.82 Å².